The molecule has 2 rings (SSSR count). The fraction of sp³-hybridized carbons (Fsp3) is 0.773. The average molecular weight is 586 g/mol. The number of nitrogens with one attached hydrogen (secondary N) is 1. The second-order valence-electron chi connectivity index (χ2n) is 6.88. The first-order chi connectivity index (χ1) is 15.0. The molecule has 12 nitrogen and oxygen atoms in total. The Labute approximate surface area is 256 Å². The number of ether oxygens (including phenoxy) is 2. The third-order valence-corrected chi connectivity index (χ3v) is 3.46. The zero-order chi connectivity index (χ0) is 24.9. The van der Waals surface area contributed by atoms with Crippen LogP contribution in [-0.4, -0.2) is 93.8 Å². The maximum atomic E-state index is 10.7. The van der Waals surface area contributed by atoms with E-state index in [9.17, 15) is 14.4 Å². The van der Waals surface area contributed by atoms with Crippen molar-refractivity contribution in [3.8, 4) is 0 Å². The molecule has 2 aliphatic rings. The molecule has 0 spiro atoms. The van der Waals surface area contributed by atoms with E-state index >= 15 is 0 Å². The Bertz CT molecular complexity index is 649. The van der Waals surface area contributed by atoms with Crippen molar-refractivity contribution in [2.75, 3.05) is 46.9 Å². The molecule has 3 N–H and O–H groups in total. The molecule has 1 amide bonds. The standard InChI is InChI=1S/C8H17N3.C6H9NO3.C4H7NO2.C2H4O2.2CH4.2ClH.Na/c1-4-9-8-10-6-5-7-11(2)3;1-4(8)7-5-2-3-10-6(5)9;5-3-1-2-7-4(3)6;1-2(3)4;;;;;/h4-7H2,1-3H3;5H,2-3H2,1H3,(H,7,8);3H,1-2,5H2;1H3,(H,3,4);2*1H4;2*1H;/q;;;;;;;;+1/p-2/t;5-;3-;;;;;;/m.00....../s1. The molecule has 0 unspecified atom stereocenters. The monoisotopic (exact) mass is 584 g/mol. The molecule has 2 aliphatic heterocycles. The number of carboxylic acid groups (broad SMARTS) is 1. The van der Waals surface area contributed by atoms with E-state index in [0.717, 1.165) is 33.0 Å². The molecule has 0 aromatic carbocycles. The number of rotatable bonds is 6. The SMILES string of the molecule is C.C.CC(=O)N[C@H]1CCOC1=O.CC(=O)[O-].CCN=C=NCCCN(C)C.Cl.N[C@H]1CCOC1=O.[Cl-].[Na+]. The van der Waals surface area contributed by atoms with E-state index in [-0.39, 0.29) is 93.1 Å². The van der Waals surface area contributed by atoms with Crippen molar-refractivity contribution < 1.29 is 75.7 Å². The van der Waals surface area contributed by atoms with Crippen LogP contribution in [0.5, 0.6) is 0 Å². The van der Waals surface area contributed by atoms with Crippen LogP contribution in [0.25, 0.3) is 0 Å². The topological polar surface area (TPSA) is 176 Å². The van der Waals surface area contributed by atoms with Gasteiger partial charge in [0.25, 0.3) is 0 Å². The predicted octanol–water partition coefficient (Wildman–Crippen LogP) is -5.71. The summed E-state index contributed by atoms with van der Waals surface area (Å²) in [4.78, 5) is 50.2. The Morgan fingerprint density at radius 1 is 1.11 bits per heavy atom. The zero-order valence-corrected chi connectivity index (χ0v) is 24.9. The van der Waals surface area contributed by atoms with Gasteiger partial charge >= 0.3 is 41.5 Å². The summed E-state index contributed by atoms with van der Waals surface area (Å²) in [6, 6.07) is 1.89. The van der Waals surface area contributed by atoms with Gasteiger partial charge < -0.3 is 47.7 Å². The van der Waals surface area contributed by atoms with Gasteiger partial charge in [-0.05, 0) is 40.9 Å². The number of halogens is 2. The van der Waals surface area contributed by atoms with Gasteiger partial charge in [0.15, 0.2) is 0 Å². The molecule has 0 radical (unpaired) electrons. The average Bonchev–Trinajstić information content (AvgIpc) is 3.26. The number of carboxylic acids is 1. The molecule has 2 atom stereocenters. The first-order valence-corrected chi connectivity index (χ1v) is 10.3. The van der Waals surface area contributed by atoms with Crippen molar-refractivity contribution in [1.82, 2.24) is 10.2 Å². The van der Waals surface area contributed by atoms with Crippen LogP contribution >= 0.6 is 12.4 Å². The van der Waals surface area contributed by atoms with E-state index in [1.807, 2.05) is 6.92 Å². The van der Waals surface area contributed by atoms with Crippen LogP contribution in [0.15, 0.2) is 9.98 Å². The minimum absolute atomic E-state index is 0. The van der Waals surface area contributed by atoms with E-state index in [0.29, 0.717) is 26.1 Å². The van der Waals surface area contributed by atoms with Crippen LogP contribution in [0.2, 0.25) is 0 Å². The Balaban J connectivity index is -0.0000000648. The summed E-state index contributed by atoms with van der Waals surface area (Å²) in [5.41, 5.74) is 5.20. The molecule has 2 saturated heterocycles. The van der Waals surface area contributed by atoms with Crippen molar-refractivity contribution >= 4 is 42.2 Å². The van der Waals surface area contributed by atoms with Gasteiger partial charge in [0.1, 0.15) is 12.1 Å². The number of aliphatic imine (C=N–C) groups is 2. The van der Waals surface area contributed by atoms with Crippen LogP contribution in [-0.2, 0) is 28.7 Å². The summed E-state index contributed by atoms with van der Waals surface area (Å²) < 4.78 is 9.11. The normalized spacial score (nSPS) is 15.8. The molecule has 0 aromatic rings. The second kappa shape index (κ2) is 34.8. The molecular formula is C22H45Cl2N5NaO7-. The quantitative estimate of drug-likeness (QED) is 0.133. The first kappa shape index (κ1) is 52.2. The number of hydrogen-bond acceptors (Lipinski definition) is 11. The molecule has 0 saturated carbocycles. The van der Waals surface area contributed by atoms with Gasteiger partial charge in [-0.1, -0.05) is 14.9 Å². The third kappa shape index (κ3) is 39.4. The number of esters is 2. The Morgan fingerprint density at radius 2 is 1.59 bits per heavy atom. The summed E-state index contributed by atoms with van der Waals surface area (Å²) in [6.07, 6.45) is 2.36. The van der Waals surface area contributed by atoms with E-state index < -0.39 is 12.0 Å². The number of cyclic esters (lactones) is 2. The number of nitrogens with zero attached hydrogens (tertiary/aromatic N) is 3. The molecule has 216 valence electrons. The Kier molecular flexibility index (Phi) is 49.1. The predicted molar refractivity (Wildman–Crippen MR) is 137 cm³/mol. The molecular weight excluding hydrogens is 540 g/mol. The van der Waals surface area contributed by atoms with Gasteiger partial charge in [-0.3, -0.25) is 9.59 Å². The number of aliphatic carboxylic acids is 1. The van der Waals surface area contributed by atoms with Crippen LogP contribution in [0, 0.1) is 0 Å². The third-order valence-electron chi connectivity index (χ3n) is 3.46. The van der Waals surface area contributed by atoms with Crippen LogP contribution in [0.1, 0.15) is 54.9 Å². The van der Waals surface area contributed by atoms with Crippen molar-refractivity contribution in [3.05, 3.63) is 0 Å². The maximum Gasteiger partial charge on any atom is 1.00 e. The maximum absolute atomic E-state index is 10.7. The van der Waals surface area contributed by atoms with Gasteiger partial charge in [0.05, 0.1) is 25.8 Å². The van der Waals surface area contributed by atoms with Crippen LogP contribution in [0.3, 0.4) is 0 Å². The fourth-order valence-electron chi connectivity index (χ4n) is 2.02. The molecule has 0 bridgehead atoms. The number of nitrogens with two attached hydrogens (primary N) is 1. The minimum Gasteiger partial charge on any atom is -1.00 e. The molecule has 2 heterocycles. The molecule has 15 heteroatoms. The number of amides is 1. The Morgan fingerprint density at radius 3 is 1.89 bits per heavy atom. The van der Waals surface area contributed by atoms with Gasteiger partial charge in [-0.15, -0.1) is 12.4 Å². The molecule has 2 fully saturated rings. The Hall–Kier alpha value is -1.24. The second-order valence-corrected chi connectivity index (χ2v) is 6.88. The molecule has 0 aromatic heterocycles. The summed E-state index contributed by atoms with van der Waals surface area (Å²) in [5, 5.41) is 11.4. The number of carbonyl (C=O) groups is 4. The summed E-state index contributed by atoms with van der Waals surface area (Å²) in [5.74, 6) is -1.86. The van der Waals surface area contributed by atoms with Gasteiger partial charge in [0.2, 0.25) is 5.91 Å². The number of hydrogen-bond donors (Lipinski definition) is 2. The van der Waals surface area contributed by atoms with Crippen molar-refractivity contribution in [1.29, 1.82) is 0 Å². The summed E-state index contributed by atoms with van der Waals surface area (Å²) >= 11 is 0. The fourth-order valence-corrected chi connectivity index (χ4v) is 2.02. The van der Waals surface area contributed by atoms with E-state index in [1.54, 1.807) is 0 Å². The summed E-state index contributed by atoms with van der Waals surface area (Å²) in [7, 11) is 4.12. The minimum atomic E-state index is -1.08. The number of carbonyl (C=O) groups excluding carboxylic acids is 4. The van der Waals surface area contributed by atoms with Gasteiger partial charge in [-0.25, -0.2) is 14.8 Å². The summed E-state index contributed by atoms with van der Waals surface area (Å²) in [6.45, 7) is 7.94. The van der Waals surface area contributed by atoms with Crippen LogP contribution in [0.4, 0.5) is 0 Å². The van der Waals surface area contributed by atoms with Crippen LogP contribution < -0.4 is 58.1 Å². The van der Waals surface area contributed by atoms with Crippen molar-refractivity contribution in [2.24, 2.45) is 15.7 Å². The zero-order valence-electron chi connectivity index (χ0n) is 21.4. The van der Waals surface area contributed by atoms with Gasteiger partial charge in [-0.2, -0.15) is 0 Å². The van der Waals surface area contributed by atoms with Crippen molar-refractivity contribution in [3.63, 3.8) is 0 Å². The van der Waals surface area contributed by atoms with Gasteiger partial charge in [0, 0.05) is 32.3 Å². The van der Waals surface area contributed by atoms with E-state index in [2.05, 4.69) is 49.8 Å². The smallest absolute Gasteiger partial charge is 1.00 e. The van der Waals surface area contributed by atoms with E-state index in [4.69, 9.17) is 15.6 Å². The largest absolute Gasteiger partial charge is 1.00 e. The molecule has 0 aliphatic carbocycles. The van der Waals surface area contributed by atoms with E-state index in [1.165, 1.54) is 6.92 Å². The first-order valence-electron chi connectivity index (χ1n) is 10.3. The molecule has 37 heavy (non-hydrogen) atoms. The van der Waals surface area contributed by atoms with Crippen molar-refractivity contribution in [2.45, 2.75) is 67.0 Å².